The van der Waals surface area contributed by atoms with Crippen molar-refractivity contribution in [2.24, 2.45) is 0 Å². The number of hydrogen-bond acceptors (Lipinski definition) is 6. The van der Waals surface area contributed by atoms with E-state index in [2.05, 4.69) is 0 Å². The molecule has 0 aliphatic rings. The fourth-order valence-corrected chi connectivity index (χ4v) is 1.79. The van der Waals surface area contributed by atoms with Crippen molar-refractivity contribution >= 4 is 17.1 Å². The summed E-state index contributed by atoms with van der Waals surface area (Å²) < 4.78 is 5.48. The van der Waals surface area contributed by atoms with Crippen LogP contribution in [0.5, 0.6) is 11.5 Å². The van der Waals surface area contributed by atoms with E-state index < -0.39 is 9.85 Å². The predicted molar refractivity (Wildman–Crippen MR) is 75.4 cm³/mol. The van der Waals surface area contributed by atoms with Gasteiger partial charge in [0, 0.05) is 23.8 Å². The van der Waals surface area contributed by atoms with Gasteiger partial charge in [0.05, 0.1) is 9.85 Å². The molecule has 0 aliphatic carbocycles. The standard InChI is InChI=1S/C13H11N3O5/c1-8-6-9(2-4-12(8)15(17)18)21-10-3-5-13(16(19)20)11(14)7-10/h2-7H,14H2,1H3. The average Bonchev–Trinajstić information content (AvgIpc) is 2.37. The molecule has 8 nitrogen and oxygen atoms in total. The molecule has 2 rings (SSSR count). The normalized spacial score (nSPS) is 10.1. The molecule has 0 bridgehead atoms. The molecule has 0 aliphatic heterocycles. The predicted octanol–water partition coefficient (Wildman–Crippen LogP) is 3.19. The highest BCUT2D eigenvalue weighted by Gasteiger charge is 2.14. The number of anilines is 1. The van der Waals surface area contributed by atoms with Gasteiger partial charge in [-0.15, -0.1) is 0 Å². The summed E-state index contributed by atoms with van der Waals surface area (Å²) in [5.41, 5.74) is 5.78. The summed E-state index contributed by atoms with van der Waals surface area (Å²) in [7, 11) is 0. The maximum absolute atomic E-state index is 10.7. The van der Waals surface area contributed by atoms with Crippen molar-refractivity contribution < 1.29 is 14.6 Å². The van der Waals surface area contributed by atoms with Gasteiger partial charge < -0.3 is 10.5 Å². The minimum absolute atomic E-state index is 0.00874. The molecule has 0 amide bonds. The number of nitrogens with zero attached hydrogens (tertiary/aromatic N) is 2. The van der Waals surface area contributed by atoms with Crippen molar-refractivity contribution in [3.63, 3.8) is 0 Å². The first-order chi connectivity index (χ1) is 9.88. The van der Waals surface area contributed by atoms with E-state index in [-0.39, 0.29) is 17.1 Å². The molecular formula is C13H11N3O5. The summed E-state index contributed by atoms with van der Waals surface area (Å²) in [6.45, 7) is 1.59. The topological polar surface area (TPSA) is 122 Å². The van der Waals surface area contributed by atoms with Gasteiger partial charge in [-0.3, -0.25) is 20.2 Å². The number of rotatable bonds is 4. The highest BCUT2D eigenvalue weighted by molar-refractivity contribution is 5.61. The summed E-state index contributed by atoms with van der Waals surface area (Å²) in [6.07, 6.45) is 0. The van der Waals surface area contributed by atoms with Crippen LogP contribution in [0.2, 0.25) is 0 Å². The molecule has 0 saturated carbocycles. The van der Waals surface area contributed by atoms with Gasteiger partial charge in [-0.2, -0.15) is 0 Å². The minimum atomic E-state index is -0.588. The third-order valence-electron chi connectivity index (χ3n) is 2.80. The van der Waals surface area contributed by atoms with Gasteiger partial charge in [0.15, 0.2) is 0 Å². The van der Waals surface area contributed by atoms with E-state index in [1.54, 1.807) is 6.92 Å². The Labute approximate surface area is 119 Å². The van der Waals surface area contributed by atoms with Crippen molar-refractivity contribution in [3.05, 3.63) is 62.2 Å². The van der Waals surface area contributed by atoms with Crippen LogP contribution < -0.4 is 10.5 Å². The number of nitrogens with two attached hydrogens (primary N) is 1. The Hall–Kier alpha value is -3.16. The van der Waals surface area contributed by atoms with Crippen LogP contribution in [0.4, 0.5) is 17.1 Å². The highest BCUT2D eigenvalue weighted by Crippen LogP contribution is 2.31. The first-order valence-electron chi connectivity index (χ1n) is 5.85. The second kappa shape index (κ2) is 5.45. The first kappa shape index (κ1) is 14.3. The summed E-state index contributed by atoms with van der Waals surface area (Å²) in [5, 5.41) is 21.4. The van der Waals surface area contributed by atoms with Gasteiger partial charge in [0.1, 0.15) is 17.2 Å². The Kier molecular flexibility index (Phi) is 3.70. The molecule has 2 N–H and O–H groups in total. The lowest BCUT2D eigenvalue weighted by molar-refractivity contribution is -0.385. The molecule has 0 spiro atoms. The van der Waals surface area contributed by atoms with Crippen LogP contribution >= 0.6 is 0 Å². The molecule has 8 heteroatoms. The quantitative estimate of drug-likeness (QED) is 0.524. The van der Waals surface area contributed by atoms with Crippen LogP contribution in [0.3, 0.4) is 0 Å². The van der Waals surface area contributed by atoms with Crippen molar-refractivity contribution in [1.82, 2.24) is 0 Å². The van der Waals surface area contributed by atoms with E-state index in [0.29, 0.717) is 17.1 Å². The fraction of sp³-hybridized carbons (Fsp3) is 0.0769. The lowest BCUT2D eigenvalue weighted by atomic mass is 10.2. The van der Waals surface area contributed by atoms with Gasteiger partial charge in [-0.25, -0.2) is 0 Å². The van der Waals surface area contributed by atoms with E-state index in [4.69, 9.17) is 10.5 Å². The SMILES string of the molecule is Cc1cc(Oc2ccc([N+](=O)[O-])c(N)c2)ccc1[N+](=O)[O-]. The van der Waals surface area contributed by atoms with E-state index in [9.17, 15) is 20.2 Å². The number of ether oxygens (including phenoxy) is 1. The third kappa shape index (κ3) is 3.06. The Morgan fingerprint density at radius 1 is 0.952 bits per heavy atom. The second-order valence-electron chi connectivity index (χ2n) is 4.29. The molecule has 0 heterocycles. The van der Waals surface area contributed by atoms with Crippen molar-refractivity contribution in [2.75, 3.05) is 5.73 Å². The largest absolute Gasteiger partial charge is 0.457 e. The number of nitro benzene ring substituents is 2. The number of nitrogen functional groups attached to an aromatic ring is 1. The van der Waals surface area contributed by atoms with Gasteiger partial charge in [0.25, 0.3) is 11.4 Å². The molecule has 0 fully saturated rings. The first-order valence-corrected chi connectivity index (χ1v) is 5.85. The van der Waals surface area contributed by atoms with Crippen LogP contribution in [0.15, 0.2) is 36.4 Å². The van der Waals surface area contributed by atoms with E-state index in [1.165, 1.54) is 36.4 Å². The lowest BCUT2D eigenvalue weighted by Gasteiger charge is -2.07. The molecule has 2 aromatic carbocycles. The van der Waals surface area contributed by atoms with Crippen LogP contribution in [-0.2, 0) is 0 Å². The van der Waals surface area contributed by atoms with E-state index in [0.717, 1.165) is 0 Å². The fourth-order valence-electron chi connectivity index (χ4n) is 1.79. The van der Waals surface area contributed by atoms with Crippen molar-refractivity contribution in [3.8, 4) is 11.5 Å². The zero-order chi connectivity index (χ0) is 15.6. The molecule has 0 saturated heterocycles. The van der Waals surface area contributed by atoms with Gasteiger partial charge in [-0.05, 0) is 25.1 Å². The molecule has 108 valence electrons. The third-order valence-corrected chi connectivity index (χ3v) is 2.80. The van der Waals surface area contributed by atoms with Gasteiger partial charge >= 0.3 is 0 Å². The summed E-state index contributed by atoms with van der Waals surface area (Å²) in [5.74, 6) is 0.692. The monoisotopic (exact) mass is 289 g/mol. The minimum Gasteiger partial charge on any atom is -0.457 e. The van der Waals surface area contributed by atoms with Gasteiger partial charge in [0.2, 0.25) is 0 Å². The lowest BCUT2D eigenvalue weighted by Crippen LogP contribution is -1.96. The highest BCUT2D eigenvalue weighted by atomic mass is 16.6. The zero-order valence-electron chi connectivity index (χ0n) is 11.0. The summed E-state index contributed by atoms with van der Waals surface area (Å²) >= 11 is 0. The smallest absolute Gasteiger partial charge is 0.292 e. The molecule has 0 aromatic heterocycles. The maximum Gasteiger partial charge on any atom is 0.292 e. The Balaban J connectivity index is 2.26. The maximum atomic E-state index is 10.7. The van der Waals surface area contributed by atoms with Crippen LogP contribution in [0.25, 0.3) is 0 Å². The Morgan fingerprint density at radius 3 is 1.95 bits per heavy atom. The van der Waals surface area contributed by atoms with E-state index >= 15 is 0 Å². The van der Waals surface area contributed by atoms with Crippen LogP contribution in [0.1, 0.15) is 5.56 Å². The van der Waals surface area contributed by atoms with Gasteiger partial charge in [-0.1, -0.05) is 0 Å². The van der Waals surface area contributed by atoms with Crippen molar-refractivity contribution in [2.45, 2.75) is 6.92 Å². The molecule has 0 atom stereocenters. The summed E-state index contributed by atoms with van der Waals surface area (Å²) in [4.78, 5) is 20.3. The van der Waals surface area contributed by atoms with Crippen LogP contribution in [-0.4, -0.2) is 9.85 Å². The molecule has 21 heavy (non-hydrogen) atoms. The molecule has 2 aromatic rings. The molecule has 0 unspecified atom stereocenters. The Bertz CT molecular complexity index is 668. The zero-order valence-corrected chi connectivity index (χ0v) is 11.0. The average molecular weight is 289 g/mol. The molecule has 0 radical (unpaired) electrons. The number of benzene rings is 2. The number of aryl methyl sites for hydroxylation is 1. The van der Waals surface area contributed by atoms with Crippen molar-refractivity contribution in [1.29, 1.82) is 0 Å². The Morgan fingerprint density at radius 2 is 1.48 bits per heavy atom. The van der Waals surface area contributed by atoms with E-state index in [1.807, 2.05) is 0 Å². The van der Waals surface area contributed by atoms with Crippen LogP contribution in [0, 0.1) is 27.2 Å². The molecular weight excluding hydrogens is 278 g/mol. The summed E-state index contributed by atoms with van der Waals surface area (Å²) in [6, 6.07) is 8.26. The second-order valence-corrected chi connectivity index (χ2v) is 4.29. The number of hydrogen-bond donors (Lipinski definition) is 1. The number of nitro groups is 2.